The van der Waals surface area contributed by atoms with Crippen LogP contribution in [0.3, 0.4) is 0 Å². The number of nitrogens with zero attached hydrogens (tertiary/aromatic N) is 3. The normalized spacial score (nSPS) is 17.0. The van der Waals surface area contributed by atoms with Crippen molar-refractivity contribution in [2.75, 3.05) is 6.54 Å². The smallest absolute Gasteiger partial charge is 0.318 e. The molecule has 0 spiro atoms. The van der Waals surface area contributed by atoms with Crippen molar-refractivity contribution < 1.29 is 9.18 Å². The average molecular weight is 314 g/mol. The highest BCUT2D eigenvalue weighted by atomic mass is 19.1. The van der Waals surface area contributed by atoms with Gasteiger partial charge in [0, 0.05) is 19.0 Å². The Hall–Kier alpha value is -2.37. The van der Waals surface area contributed by atoms with Crippen LogP contribution in [0.2, 0.25) is 0 Å². The molecule has 2 amide bonds. The second-order valence-corrected chi connectivity index (χ2v) is 6.26. The van der Waals surface area contributed by atoms with Crippen molar-refractivity contribution in [3.63, 3.8) is 0 Å². The molecule has 1 aromatic carbocycles. The number of hydrogen-bond acceptors (Lipinski definition) is 2. The molecule has 2 aliphatic rings. The number of amides is 2. The molecule has 1 aromatic heterocycles. The first-order chi connectivity index (χ1) is 11.2. The highest BCUT2D eigenvalue weighted by Gasteiger charge is 2.29. The molecule has 0 bridgehead atoms. The van der Waals surface area contributed by atoms with E-state index in [2.05, 4.69) is 16.5 Å². The monoisotopic (exact) mass is 314 g/mol. The largest absolute Gasteiger partial charge is 0.334 e. The first-order valence-electron chi connectivity index (χ1n) is 8.03. The van der Waals surface area contributed by atoms with Crippen LogP contribution >= 0.6 is 0 Å². The van der Waals surface area contributed by atoms with E-state index in [1.165, 1.54) is 30.7 Å². The van der Waals surface area contributed by atoms with E-state index in [1.54, 1.807) is 17.0 Å². The number of rotatable bonds is 3. The van der Waals surface area contributed by atoms with Gasteiger partial charge in [0.15, 0.2) is 0 Å². The molecule has 120 valence electrons. The minimum Gasteiger partial charge on any atom is -0.334 e. The summed E-state index contributed by atoms with van der Waals surface area (Å²) in [5, 5.41) is 7.53. The van der Waals surface area contributed by atoms with Crippen molar-refractivity contribution >= 4 is 6.03 Å². The molecule has 2 heterocycles. The molecular weight excluding hydrogens is 295 g/mol. The van der Waals surface area contributed by atoms with Gasteiger partial charge in [-0.25, -0.2) is 9.18 Å². The van der Waals surface area contributed by atoms with E-state index >= 15 is 0 Å². The Kier molecular flexibility index (Phi) is 3.52. The van der Waals surface area contributed by atoms with E-state index in [0.29, 0.717) is 25.6 Å². The van der Waals surface area contributed by atoms with Crippen LogP contribution in [0.25, 0.3) is 0 Å². The van der Waals surface area contributed by atoms with Crippen LogP contribution < -0.4 is 5.32 Å². The Morgan fingerprint density at radius 3 is 2.78 bits per heavy atom. The number of aromatic nitrogens is 2. The fraction of sp³-hybridized carbons (Fsp3) is 0.412. The number of halogens is 1. The van der Waals surface area contributed by atoms with Crippen molar-refractivity contribution in [1.82, 2.24) is 20.0 Å². The van der Waals surface area contributed by atoms with Gasteiger partial charge in [-0.1, -0.05) is 12.1 Å². The van der Waals surface area contributed by atoms with Crippen molar-refractivity contribution in [2.24, 2.45) is 0 Å². The molecular formula is C17H19FN4O. The lowest BCUT2D eigenvalue weighted by Gasteiger charge is -2.27. The zero-order valence-electron chi connectivity index (χ0n) is 12.8. The van der Waals surface area contributed by atoms with Crippen LogP contribution in [0.5, 0.6) is 0 Å². The highest BCUT2D eigenvalue weighted by Crippen LogP contribution is 2.39. The van der Waals surface area contributed by atoms with Crippen molar-refractivity contribution in [3.8, 4) is 0 Å². The highest BCUT2D eigenvalue weighted by molar-refractivity contribution is 5.74. The second kappa shape index (κ2) is 5.68. The molecule has 2 aromatic rings. The predicted molar refractivity (Wildman–Crippen MR) is 83.2 cm³/mol. The number of carbonyl (C=O) groups excluding carboxylic acids is 1. The van der Waals surface area contributed by atoms with Crippen LogP contribution in [0.4, 0.5) is 9.18 Å². The Balaban J connectivity index is 1.36. The van der Waals surface area contributed by atoms with Crippen LogP contribution in [0.15, 0.2) is 30.3 Å². The van der Waals surface area contributed by atoms with Gasteiger partial charge in [0.05, 0.1) is 24.5 Å². The Labute approximate surface area is 134 Å². The minimum atomic E-state index is -0.268. The Morgan fingerprint density at radius 1 is 1.26 bits per heavy atom. The third-order valence-corrected chi connectivity index (χ3v) is 4.46. The third-order valence-electron chi connectivity index (χ3n) is 4.46. The van der Waals surface area contributed by atoms with E-state index < -0.39 is 0 Å². The summed E-state index contributed by atoms with van der Waals surface area (Å²) in [5.41, 5.74) is 3.17. The van der Waals surface area contributed by atoms with Crippen molar-refractivity contribution in [1.29, 1.82) is 0 Å². The number of nitrogens with one attached hydrogen (secondary N) is 1. The lowest BCUT2D eigenvalue weighted by molar-refractivity contribution is 0.180. The van der Waals surface area contributed by atoms with Crippen LogP contribution in [0, 0.1) is 5.82 Å². The van der Waals surface area contributed by atoms with Gasteiger partial charge in [-0.2, -0.15) is 5.10 Å². The van der Waals surface area contributed by atoms with Gasteiger partial charge < -0.3 is 10.2 Å². The molecule has 1 fully saturated rings. The Bertz CT molecular complexity index is 721. The summed E-state index contributed by atoms with van der Waals surface area (Å²) in [6.45, 7) is 2.40. The van der Waals surface area contributed by atoms with E-state index in [9.17, 15) is 9.18 Å². The van der Waals surface area contributed by atoms with E-state index in [-0.39, 0.29) is 11.8 Å². The van der Waals surface area contributed by atoms with Crippen LogP contribution in [0.1, 0.15) is 35.7 Å². The van der Waals surface area contributed by atoms with Crippen molar-refractivity contribution in [2.45, 2.75) is 38.4 Å². The van der Waals surface area contributed by atoms with Gasteiger partial charge in [0.1, 0.15) is 5.82 Å². The standard InChI is InChI=1S/C17H19FN4O/c18-14-5-1-12(2-6-14)10-19-17(23)21-7-8-22-15(11-21)9-16(20-22)13-3-4-13/h1-2,5-6,9,13H,3-4,7-8,10-11H2,(H,19,23). The summed E-state index contributed by atoms with van der Waals surface area (Å²) >= 11 is 0. The van der Waals surface area contributed by atoms with Crippen molar-refractivity contribution in [3.05, 3.63) is 53.1 Å². The molecule has 1 saturated carbocycles. The van der Waals surface area contributed by atoms with Gasteiger partial charge in [0.25, 0.3) is 0 Å². The number of fused-ring (bicyclic) bond motifs is 1. The summed E-state index contributed by atoms with van der Waals surface area (Å²) in [4.78, 5) is 14.1. The van der Waals surface area contributed by atoms with E-state index in [0.717, 1.165) is 17.8 Å². The van der Waals surface area contributed by atoms with E-state index in [1.807, 2.05) is 4.68 Å². The number of carbonyl (C=O) groups is 1. The lowest BCUT2D eigenvalue weighted by atomic mass is 10.2. The summed E-state index contributed by atoms with van der Waals surface area (Å²) < 4.78 is 14.9. The number of hydrogen-bond donors (Lipinski definition) is 1. The van der Waals surface area contributed by atoms with Gasteiger partial charge in [-0.15, -0.1) is 0 Å². The van der Waals surface area contributed by atoms with Gasteiger partial charge in [-0.05, 0) is 36.6 Å². The quantitative estimate of drug-likeness (QED) is 0.947. The summed E-state index contributed by atoms with van der Waals surface area (Å²) in [5.74, 6) is 0.365. The Morgan fingerprint density at radius 2 is 2.04 bits per heavy atom. The second-order valence-electron chi connectivity index (χ2n) is 6.26. The molecule has 4 rings (SSSR count). The zero-order valence-corrected chi connectivity index (χ0v) is 12.8. The molecule has 0 saturated heterocycles. The minimum absolute atomic E-state index is 0.0882. The summed E-state index contributed by atoms with van der Waals surface area (Å²) in [7, 11) is 0. The molecule has 6 heteroatoms. The fourth-order valence-corrected chi connectivity index (χ4v) is 2.93. The molecule has 1 N–H and O–H groups in total. The first-order valence-corrected chi connectivity index (χ1v) is 8.03. The fourth-order valence-electron chi connectivity index (χ4n) is 2.93. The molecule has 0 atom stereocenters. The number of urea groups is 1. The maximum absolute atomic E-state index is 12.9. The molecule has 0 radical (unpaired) electrons. The summed E-state index contributed by atoms with van der Waals surface area (Å²) in [6, 6.07) is 8.22. The number of benzene rings is 1. The molecule has 5 nitrogen and oxygen atoms in total. The first kappa shape index (κ1) is 14.2. The van der Waals surface area contributed by atoms with E-state index in [4.69, 9.17) is 0 Å². The SMILES string of the molecule is O=C(NCc1ccc(F)cc1)N1CCn2nc(C3CC3)cc2C1. The molecule has 0 unspecified atom stereocenters. The molecule has 23 heavy (non-hydrogen) atoms. The molecule has 1 aliphatic heterocycles. The third kappa shape index (κ3) is 3.06. The maximum atomic E-state index is 12.9. The molecule has 1 aliphatic carbocycles. The lowest BCUT2D eigenvalue weighted by Crippen LogP contribution is -2.43. The van der Waals surface area contributed by atoms with Gasteiger partial charge >= 0.3 is 6.03 Å². The van der Waals surface area contributed by atoms with Gasteiger partial charge in [-0.3, -0.25) is 4.68 Å². The van der Waals surface area contributed by atoms with Crippen LogP contribution in [-0.2, 0) is 19.6 Å². The topological polar surface area (TPSA) is 50.2 Å². The maximum Gasteiger partial charge on any atom is 0.318 e. The van der Waals surface area contributed by atoms with Gasteiger partial charge in [0.2, 0.25) is 0 Å². The average Bonchev–Trinajstić information content (AvgIpc) is 3.33. The summed E-state index contributed by atoms with van der Waals surface area (Å²) in [6.07, 6.45) is 2.47. The van der Waals surface area contributed by atoms with Crippen LogP contribution in [-0.4, -0.2) is 27.3 Å². The predicted octanol–water partition coefficient (Wildman–Crippen LogP) is 2.63. The zero-order chi connectivity index (χ0) is 15.8.